The Labute approximate surface area is 377 Å². The lowest BCUT2D eigenvalue weighted by molar-refractivity contribution is -0.228. The van der Waals surface area contributed by atoms with Crippen molar-refractivity contribution in [2.24, 2.45) is 46.3 Å². The number of benzene rings is 1. The van der Waals surface area contributed by atoms with Crippen molar-refractivity contribution in [3.05, 3.63) is 35.9 Å². The molecule has 1 aromatic rings. The predicted molar refractivity (Wildman–Crippen MR) is 249 cm³/mol. The molecular weight excluding hydrogens is 779 g/mol. The minimum Gasteiger partial charge on any atom is -0.445 e. The topological polar surface area (TPSA) is 118 Å². The van der Waals surface area contributed by atoms with Crippen LogP contribution in [0.15, 0.2) is 30.3 Å². The average Bonchev–Trinajstić information content (AvgIpc) is 3.64. The minimum absolute atomic E-state index is 0.0211. The first-order chi connectivity index (χ1) is 30.2. The molecule has 11 atom stereocenters. The van der Waals surface area contributed by atoms with Crippen molar-refractivity contribution in [2.75, 3.05) is 52.7 Å². The molecule has 0 bridgehead atoms. The molecule has 0 spiro atoms. The zero-order valence-electron chi connectivity index (χ0n) is 39.8. The second-order valence-corrected chi connectivity index (χ2v) is 20.6. The van der Waals surface area contributed by atoms with Gasteiger partial charge in [-0.25, -0.2) is 4.79 Å². The van der Waals surface area contributed by atoms with E-state index in [9.17, 15) is 20.1 Å². The molecule has 9 nitrogen and oxygen atoms in total. The van der Waals surface area contributed by atoms with Crippen LogP contribution in [0, 0.1) is 46.3 Å². The summed E-state index contributed by atoms with van der Waals surface area (Å²) < 4.78 is 26.1. The molecule has 0 saturated heterocycles. The van der Waals surface area contributed by atoms with Gasteiger partial charge >= 0.3 is 6.09 Å². The van der Waals surface area contributed by atoms with Crippen LogP contribution in [-0.4, -0.2) is 97.4 Å². The molecule has 3 N–H and O–H groups in total. The van der Waals surface area contributed by atoms with Crippen LogP contribution in [0.4, 0.5) is 4.79 Å². The van der Waals surface area contributed by atoms with Crippen LogP contribution in [-0.2, 0) is 25.6 Å². The molecule has 1 amide bonds. The monoisotopic (exact) mass is 870 g/mol. The third-order valence-corrected chi connectivity index (χ3v) is 16.7. The first-order valence-corrected chi connectivity index (χ1v) is 25.8. The van der Waals surface area contributed by atoms with Crippen LogP contribution in [0.2, 0.25) is 0 Å². The number of hydrogen-bond acceptors (Lipinski definition) is 8. The van der Waals surface area contributed by atoms with Gasteiger partial charge in [0.05, 0.1) is 18.3 Å². The number of rotatable bonds is 30. The Hall–Kier alpha value is -1.75. The van der Waals surface area contributed by atoms with E-state index in [1.54, 1.807) is 0 Å². The number of hydrogen-bond donors (Lipinski definition) is 3. The second-order valence-electron chi connectivity index (χ2n) is 20.6. The minimum atomic E-state index is -0.192. The number of amides is 1. The van der Waals surface area contributed by atoms with Crippen LogP contribution < -0.4 is 0 Å². The van der Waals surface area contributed by atoms with Gasteiger partial charge in [-0.05, 0) is 130 Å². The zero-order valence-corrected chi connectivity index (χ0v) is 39.8. The molecular formula is C53H91NO8. The van der Waals surface area contributed by atoms with Crippen molar-refractivity contribution in [3.8, 4) is 0 Å². The molecule has 3 unspecified atom stereocenters. The van der Waals surface area contributed by atoms with E-state index >= 15 is 0 Å². The highest BCUT2D eigenvalue weighted by atomic mass is 16.6. The highest BCUT2D eigenvalue weighted by molar-refractivity contribution is 5.67. The Morgan fingerprint density at radius 3 is 2.03 bits per heavy atom. The Morgan fingerprint density at radius 1 is 0.726 bits per heavy atom. The number of fused-ring (bicyclic) bond motifs is 5. The molecule has 4 fully saturated rings. The fraction of sp³-hybridized carbons (Fsp3) is 0.868. The predicted octanol–water partition coefficient (Wildman–Crippen LogP) is 11.1. The van der Waals surface area contributed by atoms with Gasteiger partial charge in [0.15, 0.2) is 0 Å². The first-order valence-electron chi connectivity index (χ1n) is 25.8. The third-order valence-electron chi connectivity index (χ3n) is 16.7. The van der Waals surface area contributed by atoms with Crippen LogP contribution in [0.1, 0.15) is 175 Å². The number of unbranched alkanes of at least 4 members (excludes halogenated alkanes) is 9. The average molecular weight is 870 g/mol. The standard InChI is InChI=1S/C53H91NO8/c1-5-6-7-8-9-10-11-12-13-17-29-54(51(58)62-40-42-23-15-14-16-24-42)30-18-22-41(2)45-25-26-46-50-47(39-49(53(45,46)4)61-36-21-33-57)52(3)28-27-44(59-34-19-31-55)37-43(52)38-48(50)60-35-20-32-56/h14-16,23-24,41,43-50,55-57H,5-13,17-22,25-40H2,1-4H3/t41?,43?,44-,45-,46+,47+,48-,49+,50?,52+,53-/m1/s1. The van der Waals surface area contributed by atoms with Crippen molar-refractivity contribution >= 4 is 6.09 Å². The third kappa shape index (κ3) is 13.9. The summed E-state index contributed by atoms with van der Waals surface area (Å²) in [5.41, 5.74) is 1.17. The number of carbonyl (C=O) groups is 1. The van der Waals surface area contributed by atoms with Gasteiger partial charge in [0.1, 0.15) is 6.61 Å². The summed E-state index contributed by atoms with van der Waals surface area (Å²) in [5, 5.41) is 29.0. The highest BCUT2D eigenvalue weighted by Gasteiger charge is 2.66. The molecule has 5 rings (SSSR count). The maximum Gasteiger partial charge on any atom is 0.410 e. The summed E-state index contributed by atoms with van der Waals surface area (Å²) in [7, 11) is 0. The largest absolute Gasteiger partial charge is 0.445 e. The molecule has 4 aliphatic carbocycles. The maximum absolute atomic E-state index is 13.6. The van der Waals surface area contributed by atoms with Crippen molar-refractivity contribution < 1.29 is 39.1 Å². The van der Waals surface area contributed by atoms with Crippen LogP contribution in [0.3, 0.4) is 0 Å². The zero-order chi connectivity index (χ0) is 44.2. The number of carbonyl (C=O) groups excluding carboxylic acids is 1. The fourth-order valence-electron chi connectivity index (χ4n) is 13.2. The van der Waals surface area contributed by atoms with Crippen LogP contribution in [0.5, 0.6) is 0 Å². The van der Waals surface area contributed by atoms with E-state index in [1.165, 1.54) is 64.2 Å². The number of ether oxygens (including phenoxy) is 4. The van der Waals surface area contributed by atoms with Crippen LogP contribution >= 0.6 is 0 Å². The van der Waals surface area contributed by atoms with Crippen molar-refractivity contribution in [1.82, 2.24) is 4.90 Å². The van der Waals surface area contributed by atoms with E-state index in [0.29, 0.717) is 87.7 Å². The van der Waals surface area contributed by atoms with E-state index in [1.807, 2.05) is 35.2 Å². The molecule has 0 aliphatic heterocycles. The van der Waals surface area contributed by atoms with Crippen molar-refractivity contribution in [2.45, 2.75) is 194 Å². The SMILES string of the molecule is CCCCCCCCCCCCN(CCCC(C)[C@H]1CC[C@H]2C3[C@H](OCCCO)CC4C[C@H](OCCCO)CC[C@]4(C)[C@H]3C[C@H](OCCCO)[C@]12C)C(=O)OCc1ccccc1. The van der Waals surface area contributed by atoms with Gasteiger partial charge in [-0.1, -0.05) is 116 Å². The first kappa shape index (κ1) is 51.2. The van der Waals surface area contributed by atoms with Gasteiger partial charge in [0.2, 0.25) is 0 Å². The maximum atomic E-state index is 13.6. The molecule has 62 heavy (non-hydrogen) atoms. The van der Waals surface area contributed by atoms with Gasteiger partial charge in [0.25, 0.3) is 0 Å². The van der Waals surface area contributed by atoms with Crippen LogP contribution in [0.25, 0.3) is 0 Å². The van der Waals surface area contributed by atoms with E-state index in [2.05, 4.69) is 27.7 Å². The van der Waals surface area contributed by atoms with E-state index in [-0.39, 0.29) is 55.1 Å². The lowest BCUT2D eigenvalue weighted by atomic mass is 9.43. The Morgan fingerprint density at radius 2 is 1.35 bits per heavy atom. The summed E-state index contributed by atoms with van der Waals surface area (Å²) in [6.45, 7) is 13.9. The number of aliphatic hydroxyl groups excluding tert-OH is 3. The smallest absolute Gasteiger partial charge is 0.410 e. The van der Waals surface area contributed by atoms with E-state index in [4.69, 9.17) is 18.9 Å². The molecule has 0 heterocycles. The quantitative estimate of drug-likeness (QED) is 0.0654. The van der Waals surface area contributed by atoms with Crippen molar-refractivity contribution in [1.29, 1.82) is 0 Å². The summed E-state index contributed by atoms with van der Waals surface area (Å²) in [6, 6.07) is 10.0. The second kappa shape index (κ2) is 27.0. The Balaban J connectivity index is 1.26. The molecule has 356 valence electrons. The molecule has 9 heteroatoms. The number of nitrogens with zero attached hydrogens (tertiary/aromatic N) is 1. The fourth-order valence-corrected chi connectivity index (χ4v) is 13.2. The van der Waals surface area contributed by atoms with Gasteiger partial charge in [0, 0.05) is 58.1 Å². The van der Waals surface area contributed by atoms with E-state index < -0.39 is 0 Å². The van der Waals surface area contributed by atoms with Gasteiger partial charge < -0.3 is 39.2 Å². The van der Waals surface area contributed by atoms with Gasteiger partial charge in [-0.15, -0.1) is 0 Å². The molecule has 4 saturated carbocycles. The highest BCUT2D eigenvalue weighted by Crippen LogP contribution is 2.69. The van der Waals surface area contributed by atoms with Gasteiger partial charge in [-0.2, -0.15) is 0 Å². The summed E-state index contributed by atoms with van der Waals surface area (Å²) in [6.07, 6.45) is 24.7. The lowest BCUT2D eigenvalue weighted by Crippen LogP contribution is -2.63. The molecule has 0 radical (unpaired) electrons. The molecule has 1 aromatic carbocycles. The lowest BCUT2D eigenvalue weighted by Gasteiger charge is -2.65. The summed E-state index contributed by atoms with van der Waals surface area (Å²) >= 11 is 0. The summed E-state index contributed by atoms with van der Waals surface area (Å²) in [5.74, 6) is 2.86. The summed E-state index contributed by atoms with van der Waals surface area (Å²) in [4.78, 5) is 15.6. The molecule has 0 aromatic heterocycles. The van der Waals surface area contributed by atoms with Gasteiger partial charge in [-0.3, -0.25) is 0 Å². The Kier molecular flexibility index (Phi) is 22.3. The molecule has 4 aliphatic rings. The normalized spacial score (nSPS) is 31.0. The van der Waals surface area contributed by atoms with Crippen molar-refractivity contribution in [3.63, 3.8) is 0 Å². The Bertz CT molecular complexity index is 1370. The number of aliphatic hydroxyl groups is 3. The van der Waals surface area contributed by atoms with E-state index in [0.717, 1.165) is 69.9 Å².